The lowest BCUT2D eigenvalue weighted by Gasteiger charge is -2.35. The molecule has 2 N–H and O–H groups in total. The maximum Gasteiger partial charge on any atom is 0.177 e. The van der Waals surface area contributed by atoms with Crippen LogP contribution in [0.1, 0.15) is 17.9 Å². The van der Waals surface area contributed by atoms with Crippen LogP contribution < -0.4 is 10.6 Å². The van der Waals surface area contributed by atoms with Crippen LogP contribution in [-0.2, 0) is 9.84 Å². The quantitative estimate of drug-likeness (QED) is 0.626. The first kappa shape index (κ1) is 19.0. The van der Waals surface area contributed by atoms with Crippen LogP contribution in [0.4, 0.5) is 10.1 Å². The molecule has 2 heterocycles. The minimum Gasteiger partial charge on any atom is -0.384 e. The Hall–Kier alpha value is -2.38. The molecule has 0 radical (unpaired) electrons. The van der Waals surface area contributed by atoms with Gasteiger partial charge in [0.05, 0.1) is 28.2 Å². The Balaban J connectivity index is 2.00. The first-order valence-electron chi connectivity index (χ1n) is 8.50. The van der Waals surface area contributed by atoms with Gasteiger partial charge in [0.1, 0.15) is 11.6 Å². The number of benzene rings is 2. The molecule has 0 aromatic heterocycles. The molecule has 0 fully saturated rings. The summed E-state index contributed by atoms with van der Waals surface area (Å²) in [6.07, 6.45) is 0.287. The van der Waals surface area contributed by atoms with E-state index in [2.05, 4.69) is 28.7 Å². The average Bonchev–Trinajstić information content (AvgIpc) is 2.97. The summed E-state index contributed by atoms with van der Waals surface area (Å²) in [6.45, 7) is 0. The first-order chi connectivity index (χ1) is 13.3. The molecule has 5 nitrogen and oxygen atoms in total. The molecule has 0 spiro atoms. The van der Waals surface area contributed by atoms with E-state index in [0.29, 0.717) is 16.9 Å². The Morgan fingerprint density at radius 1 is 1.21 bits per heavy atom. The van der Waals surface area contributed by atoms with Gasteiger partial charge in [-0.3, -0.25) is 4.90 Å². The topological polar surface area (TPSA) is 87.2 Å². The Bertz CT molecular complexity index is 1180. The minimum absolute atomic E-state index is 0.0399. The van der Waals surface area contributed by atoms with Crippen LogP contribution in [0.15, 0.2) is 70.5 Å². The molecule has 0 amide bonds. The lowest BCUT2D eigenvalue weighted by Crippen LogP contribution is -2.34. The third-order valence-corrected chi connectivity index (χ3v) is 7.51. The fourth-order valence-corrected chi connectivity index (χ4v) is 6.18. The van der Waals surface area contributed by atoms with Crippen molar-refractivity contribution in [2.45, 2.75) is 12.3 Å². The van der Waals surface area contributed by atoms with Gasteiger partial charge in [0.2, 0.25) is 0 Å². The van der Waals surface area contributed by atoms with Crippen molar-refractivity contribution >= 4 is 38.1 Å². The van der Waals surface area contributed by atoms with Gasteiger partial charge in [-0.2, -0.15) is 5.26 Å². The molecule has 2 aromatic carbocycles. The van der Waals surface area contributed by atoms with E-state index in [9.17, 15) is 18.1 Å². The molecular formula is C20H15FIN3O2S. The van der Waals surface area contributed by atoms with E-state index in [-0.39, 0.29) is 28.5 Å². The van der Waals surface area contributed by atoms with Gasteiger partial charge in [-0.1, -0.05) is 12.1 Å². The number of halogens is 2. The second-order valence-electron chi connectivity index (χ2n) is 6.59. The molecule has 142 valence electrons. The van der Waals surface area contributed by atoms with Gasteiger partial charge >= 0.3 is 0 Å². The predicted molar refractivity (Wildman–Crippen MR) is 113 cm³/mol. The molecular weight excluding hydrogens is 492 g/mol. The molecule has 0 aliphatic carbocycles. The fourth-order valence-electron chi connectivity index (χ4n) is 3.77. The number of rotatable bonds is 2. The van der Waals surface area contributed by atoms with Crippen LogP contribution in [0.3, 0.4) is 0 Å². The molecule has 0 unspecified atom stereocenters. The van der Waals surface area contributed by atoms with Gasteiger partial charge in [-0.05, 0) is 64.6 Å². The normalized spacial score (nSPS) is 20.9. The Morgan fingerprint density at radius 3 is 2.57 bits per heavy atom. The highest BCUT2D eigenvalue weighted by atomic mass is 127. The zero-order valence-corrected chi connectivity index (χ0v) is 17.5. The van der Waals surface area contributed by atoms with Crippen molar-refractivity contribution in [3.05, 3.63) is 85.5 Å². The van der Waals surface area contributed by atoms with Crippen LogP contribution in [0, 0.1) is 20.7 Å². The Kier molecular flexibility index (Phi) is 4.67. The second kappa shape index (κ2) is 6.90. The van der Waals surface area contributed by atoms with E-state index in [0.717, 1.165) is 3.57 Å². The van der Waals surface area contributed by atoms with Crippen molar-refractivity contribution in [3.63, 3.8) is 0 Å². The van der Waals surface area contributed by atoms with E-state index < -0.39 is 21.6 Å². The second-order valence-corrected chi connectivity index (χ2v) is 9.91. The van der Waals surface area contributed by atoms with Gasteiger partial charge in [-0.25, -0.2) is 12.8 Å². The summed E-state index contributed by atoms with van der Waals surface area (Å²) in [5.74, 6) is -1.01. The Labute approximate surface area is 176 Å². The number of allylic oxidation sites excluding steroid dienone is 3. The number of sulfone groups is 1. The van der Waals surface area contributed by atoms with Gasteiger partial charge in [0, 0.05) is 21.4 Å². The fraction of sp³-hybridized carbons (Fsp3) is 0.150. The van der Waals surface area contributed by atoms with Crippen LogP contribution >= 0.6 is 22.6 Å². The third-order valence-electron chi connectivity index (χ3n) is 4.95. The molecule has 0 saturated heterocycles. The zero-order valence-electron chi connectivity index (χ0n) is 14.6. The highest BCUT2D eigenvalue weighted by molar-refractivity contribution is 14.1. The molecule has 8 heteroatoms. The number of nitriles is 1. The van der Waals surface area contributed by atoms with Crippen LogP contribution in [0.2, 0.25) is 0 Å². The maximum absolute atomic E-state index is 13.4. The van der Waals surface area contributed by atoms with Crippen LogP contribution in [0.25, 0.3) is 0 Å². The summed E-state index contributed by atoms with van der Waals surface area (Å²) in [7, 11) is -3.55. The number of hydrogen-bond acceptors (Lipinski definition) is 5. The lowest BCUT2D eigenvalue weighted by atomic mass is 9.87. The summed E-state index contributed by atoms with van der Waals surface area (Å²) >= 11 is 2.15. The van der Waals surface area contributed by atoms with Crippen molar-refractivity contribution < 1.29 is 12.8 Å². The van der Waals surface area contributed by atoms with Crippen LogP contribution in [-0.4, -0.2) is 14.2 Å². The average molecular weight is 507 g/mol. The third kappa shape index (κ3) is 2.99. The molecule has 1 atom stereocenters. The smallest absolute Gasteiger partial charge is 0.177 e. The summed E-state index contributed by atoms with van der Waals surface area (Å²) in [5, 5.41) is 9.87. The zero-order chi connectivity index (χ0) is 20.1. The minimum atomic E-state index is -3.55. The van der Waals surface area contributed by atoms with E-state index in [4.69, 9.17) is 5.73 Å². The number of nitrogens with two attached hydrogens (primary N) is 1. The molecule has 2 aliphatic heterocycles. The molecule has 28 heavy (non-hydrogen) atoms. The van der Waals surface area contributed by atoms with E-state index in [1.54, 1.807) is 4.90 Å². The van der Waals surface area contributed by atoms with E-state index in [1.807, 2.05) is 24.3 Å². The molecule has 2 aromatic rings. The largest absolute Gasteiger partial charge is 0.384 e. The van der Waals surface area contributed by atoms with E-state index in [1.165, 1.54) is 24.3 Å². The van der Waals surface area contributed by atoms with Crippen LogP contribution in [0.5, 0.6) is 0 Å². The summed E-state index contributed by atoms with van der Waals surface area (Å²) < 4.78 is 40.2. The Morgan fingerprint density at radius 2 is 1.93 bits per heavy atom. The highest BCUT2D eigenvalue weighted by Crippen LogP contribution is 2.48. The summed E-state index contributed by atoms with van der Waals surface area (Å²) in [4.78, 5) is 1.78. The van der Waals surface area contributed by atoms with Gasteiger partial charge in [0.25, 0.3) is 0 Å². The maximum atomic E-state index is 13.4. The van der Waals surface area contributed by atoms with Crippen molar-refractivity contribution in [3.8, 4) is 6.07 Å². The van der Waals surface area contributed by atoms with Crippen molar-refractivity contribution in [2.24, 2.45) is 5.73 Å². The van der Waals surface area contributed by atoms with Gasteiger partial charge in [-0.15, -0.1) is 0 Å². The monoisotopic (exact) mass is 507 g/mol. The highest BCUT2D eigenvalue weighted by Gasteiger charge is 2.45. The number of anilines is 1. The summed E-state index contributed by atoms with van der Waals surface area (Å²) in [6, 6.07) is 15.1. The standard InChI is InChI=1S/C20H15FIN3O2S/c21-13-4-6-15(7-5-13)25-17-8-9-28(26,27)19(17)18(16(11-23)20(25)24)12-2-1-3-14(22)10-12/h1-7,10,18H,8-9,24H2/t18-/m0/s1. The molecule has 2 aliphatic rings. The van der Waals surface area contributed by atoms with E-state index >= 15 is 0 Å². The van der Waals surface area contributed by atoms with Crippen molar-refractivity contribution in [2.75, 3.05) is 10.7 Å². The number of nitrogens with zero attached hydrogens (tertiary/aromatic N) is 2. The van der Waals surface area contributed by atoms with Crippen molar-refractivity contribution in [1.82, 2.24) is 0 Å². The first-order valence-corrected chi connectivity index (χ1v) is 11.2. The molecule has 0 saturated carbocycles. The summed E-state index contributed by atoms with van der Waals surface area (Å²) in [5.41, 5.74) is 8.33. The lowest BCUT2D eigenvalue weighted by molar-refractivity contribution is 0.602. The SMILES string of the molecule is N#CC1=C(N)N(c2ccc(F)cc2)C2=C([C@H]1c1cccc(I)c1)S(=O)(=O)CC2. The number of hydrogen-bond donors (Lipinski definition) is 1. The molecule has 4 rings (SSSR count). The van der Waals surface area contributed by atoms with Gasteiger partial charge in [0.15, 0.2) is 9.84 Å². The molecule has 0 bridgehead atoms. The van der Waals surface area contributed by atoms with Gasteiger partial charge < -0.3 is 5.73 Å². The predicted octanol–water partition coefficient (Wildman–Crippen LogP) is 3.76. The van der Waals surface area contributed by atoms with Crippen molar-refractivity contribution in [1.29, 1.82) is 5.26 Å².